The van der Waals surface area contributed by atoms with E-state index in [1.807, 2.05) is 36.5 Å². The Kier molecular flexibility index (Phi) is 49.5. The van der Waals surface area contributed by atoms with Gasteiger partial charge in [-0.15, -0.1) is 0 Å². The van der Waals surface area contributed by atoms with Gasteiger partial charge in [0.15, 0.2) is 6.10 Å². The SMILES string of the molecule is CC\C=C/C=C\C=C/C=C\CCCCCC(=O)OCC(COC(=O)CCCCCCC/C=C\C=C/CCCCCCCCC)OC(=O)CCCCCCCC/C=C\C/C=C\C/C=C\CC. The Bertz CT molecular complexity index is 1360. The maximum atomic E-state index is 12.8. The number of unbranched alkanes of at least 4 members (excludes halogenated alkanes) is 21. The summed E-state index contributed by atoms with van der Waals surface area (Å²) in [6, 6.07) is 0. The smallest absolute Gasteiger partial charge is 0.306 e. The van der Waals surface area contributed by atoms with Crippen LogP contribution in [-0.2, 0) is 28.6 Å². The molecular weight excluding hydrogens is 805 g/mol. The van der Waals surface area contributed by atoms with E-state index in [-0.39, 0.29) is 31.1 Å². The van der Waals surface area contributed by atoms with E-state index < -0.39 is 6.10 Å². The summed E-state index contributed by atoms with van der Waals surface area (Å²) >= 11 is 0. The maximum Gasteiger partial charge on any atom is 0.306 e. The lowest BCUT2D eigenvalue weighted by atomic mass is 10.1. The number of rotatable bonds is 46. The fraction of sp³-hybridized carbons (Fsp3) is 0.644. The third-order valence-corrected chi connectivity index (χ3v) is 10.9. The zero-order chi connectivity index (χ0) is 47.2. The van der Waals surface area contributed by atoms with E-state index in [1.165, 1.54) is 64.2 Å². The molecule has 0 saturated heterocycles. The van der Waals surface area contributed by atoms with Crippen molar-refractivity contribution in [1.82, 2.24) is 0 Å². The van der Waals surface area contributed by atoms with Crippen LogP contribution in [0.1, 0.15) is 226 Å². The highest BCUT2D eigenvalue weighted by Gasteiger charge is 2.19. The fourth-order valence-electron chi connectivity index (χ4n) is 6.93. The molecule has 0 spiro atoms. The fourth-order valence-corrected chi connectivity index (χ4v) is 6.93. The van der Waals surface area contributed by atoms with Gasteiger partial charge in [0.1, 0.15) is 13.2 Å². The van der Waals surface area contributed by atoms with E-state index in [4.69, 9.17) is 14.2 Å². The van der Waals surface area contributed by atoms with Crippen LogP contribution in [0.3, 0.4) is 0 Å². The zero-order valence-corrected chi connectivity index (χ0v) is 42.0. The van der Waals surface area contributed by atoms with Crippen molar-refractivity contribution < 1.29 is 28.6 Å². The first-order chi connectivity index (χ1) is 32.0. The first-order valence-electron chi connectivity index (χ1n) is 26.5. The number of esters is 3. The van der Waals surface area contributed by atoms with Crippen LogP contribution in [0.5, 0.6) is 0 Å². The molecule has 0 aliphatic heterocycles. The van der Waals surface area contributed by atoms with E-state index in [0.29, 0.717) is 19.3 Å². The summed E-state index contributed by atoms with van der Waals surface area (Å²) in [6.45, 7) is 6.31. The van der Waals surface area contributed by atoms with Gasteiger partial charge in [-0.25, -0.2) is 0 Å². The minimum atomic E-state index is -0.809. The summed E-state index contributed by atoms with van der Waals surface area (Å²) in [4.78, 5) is 38.0. The lowest BCUT2D eigenvalue weighted by Crippen LogP contribution is -2.30. The summed E-state index contributed by atoms with van der Waals surface area (Å²) in [5.41, 5.74) is 0. The topological polar surface area (TPSA) is 78.9 Å². The highest BCUT2D eigenvalue weighted by molar-refractivity contribution is 5.71. The molecule has 6 heteroatoms. The lowest BCUT2D eigenvalue weighted by Gasteiger charge is -2.18. The van der Waals surface area contributed by atoms with Crippen molar-refractivity contribution in [2.75, 3.05) is 13.2 Å². The van der Waals surface area contributed by atoms with Crippen LogP contribution in [0.4, 0.5) is 0 Å². The van der Waals surface area contributed by atoms with Gasteiger partial charge in [-0.3, -0.25) is 14.4 Å². The van der Waals surface area contributed by atoms with Gasteiger partial charge >= 0.3 is 17.9 Å². The molecule has 0 amide bonds. The average molecular weight is 901 g/mol. The van der Waals surface area contributed by atoms with Gasteiger partial charge < -0.3 is 14.2 Å². The first kappa shape index (κ1) is 61.1. The number of carbonyl (C=O) groups excluding carboxylic acids is 3. The van der Waals surface area contributed by atoms with E-state index >= 15 is 0 Å². The number of allylic oxidation sites excluding steroid dienone is 18. The number of hydrogen-bond donors (Lipinski definition) is 0. The molecule has 0 aromatic carbocycles. The van der Waals surface area contributed by atoms with Crippen molar-refractivity contribution in [3.8, 4) is 0 Å². The average Bonchev–Trinajstić information content (AvgIpc) is 3.30. The summed E-state index contributed by atoms with van der Waals surface area (Å²) in [5, 5.41) is 0. The second kappa shape index (κ2) is 52.7. The molecule has 0 aliphatic rings. The number of ether oxygens (including phenoxy) is 3. The lowest BCUT2D eigenvalue weighted by molar-refractivity contribution is -0.167. The Balaban J connectivity index is 4.49. The normalized spacial score (nSPS) is 13.0. The number of hydrogen-bond acceptors (Lipinski definition) is 6. The molecule has 0 radical (unpaired) electrons. The van der Waals surface area contributed by atoms with Crippen molar-refractivity contribution >= 4 is 17.9 Å². The maximum absolute atomic E-state index is 12.8. The van der Waals surface area contributed by atoms with Crippen LogP contribution in [0.25, 0.3) is 0 Å². The Labute approximate surface area is 400 Å². The van der Waals surface area contributed by atoms with Gasteiger partial charge in [0.25, 0.3) is 0 Å². The van der Waals surface area contributed by atoms with Gasteiger partial charge in [0, 0.05) is 19.3 Å². The molecule has 65 heavy (non-hydrogen) atoms. The molecule has 1 unspecified atom stereocenters. The standard InChI is InChI=1S/C59H96O6/c1-4-7-10-13-16-19-22-25-27-29-30-32-34-37-40-43-46-49-52-58(61)64-55-56(54-63-57(60)51-48-45-42-39-36-33-24-21-18-15-12-9-6-3)65-59(62)53-50-47-44-41-38-35-31-28-26-23-20-17-14-11-8-5-2/h8-9,11-12,15,17-18,20-21,24,26-30,32-33,36,56H,4-7,10,13-14,16,19,22-23,25,31,34-35,37-55H2,1-3H3/b11-8-,12-9-,18-15-,20-17-,24-21-,28-26-,29-27-,32-30-,36-33-. The van der Waals surface area contributed by atoms with Crippen molar-refractivity contribution in [2.24, 2.45) is 0 Å². The predicted octanol–water partition coefficient (Wildman–Crippen LogP) is 17.5. The highest BCUT2D eigenvalue weighted by atomic mass is 16.6. The predicted molar refractivity (Wildman–Crippen MR) is 279 cm³/mol. The molecule has 1 atom stereocenters. The molecule has 0 rings (SSSR count). The third-order valence-electron chi connectivity index (χ3n) is 10.9. The highest BCUT2D eigenvalue weighted by Crippen LogP contribution is 2.13. The first-order valence-corrected chi connectivity index (χ1v) is 26.5. The molecule has 0 bridgehead atoms. The van der Waals surface area contributed by atoms with Crippen LogP contribution in [0, 0.1) is 0 Å². The minimum Gasteiger partial charge on any atom is -0.462 e. The minimum absolute atomic E-state index is 0.106. The Morgan fingerprint density at radius 3 is 1.15 bits per heavy atom. The van der Waals surface area contributed by atoms with Gasteiger partial charge in [-0.05, 0) is 96.3 Å². The molecule has 0 heterocycles. The van der Waals surface area contributed by atoms with Gasteiger partial charge in [0.2, 0.25) is 0 Å². The molecule has 0 aromatic heterocycles. The van der Waals surface area contributed by atoms with Crippen LogP contribution >= 0.6 is 0 Å². The molecule has 6 nitrogen and oxygen atoms in total. The monoisotopic (exact) mass is 901 g/mol. The van der Waals surface area contributed by atoms with Crippen molar-refractivity contribution in [2.45, 2.75) is 232 Å². The van der Waals surface area contributed by atoms with Gasteiger partial charge in [-0.2, -0.15) is 0 Å². The zero-order valence-electron chi connectivity index (χ0n) is 42.0. The van der Waals surface area contributed by atoms with Crippen molar-refractivity contribution in [3.63, 3.8) is 0 Å². The summed E-state index contributed by atoms with van der Waals surface area (Å²) in [6.07, 6.45) is 70.7. The van der Waals surface area contributed by atoms with Crippen LogP contribution in [0.2, 0.25) is 0 Å². The van der Waals surface area contributed by atoms with Crippen molar-refractivity contribution in [3.05, 3.63) is 109 Å². The molecule has 0 saturated carbocycles. The van der Waals surface area contributed by atoms with E-state index in [0.717, 1.165) is 122 Å². The van der Waals surface area contributed by atoms with Crippen LogP contribution in [0.15, 0.2) is 109 Å². The summed E-state index contributed by atoms with van der Waals surface area (Å²) in [5.74, 6) is -0.978. The molecule has 368 valence electrons. The second-order valence-electron chi connectivity index (χ2n) is 17.1. The van der Waals surface area contributed by atoms with E-state index in [9.17, 15) is 14.4 Å². The Morgan fingerprint density at radius 1 is 0.338 bits per heavy atom. The molecular formula is C59H96O6. The molecule has 0 aliphatic carbocycles. The van der Waals surface area contributed by atoms with Gasteiger partial charge in [0.05, 0.1) is 0 Å². The quantitative estimate of drug-likeness (QED) is 0.0199. The van der Waals surface area contributed by atoms with Gasteiger partial charge in [-0.1, -0.05) is 220 Å². The molecule has 0 fully saturated rings. The third kappa shape index (κ3) is 50.9. The molecule has 0 N–H and O–H groups in total. The molecule has 0 aromatic rings. The summed E-state index contributed by atoms with van der Waals surface area (Å²) < 4.78 is 16.8. The Hall–Kier alpha value is -3.93. The second-order valence-corrected chi connectivity index (χ2v) is 17.1. The van der Waals surface area contributed by atoms with Crippen molar-refractivity contribution in [1.29, 1.82) is 0 Å². The summed E-state index contributed by atoms with van der Waals surface area (Å²) in [7, 11) is 0. The number of carbonyl (C=O) groups is 3. The van der Waals surface area contributed by atoms with Crippen LogP contribution < -0.4 is 0 Å². The van der Waals surface area contributed by atoms with E-state index in [2.05, 4.69) is 93.7 Å². The van der Waals surface area contributed by atoms with E-state index in [1.54, 1.807) is 0 Å². The van der Waals surface area contributed by atoms with Crippen LogP contribution in [-0.4, -0.2) is 37.2 Å². The Morgan fingerprint density at radius 2 is 0.677 bits per heavy atom. The largest absolute Gasteiger partial charge is 0.462 e.